The molecule has 0 saturated carbocycles. The van der Waals surface area contributed by atoms with E-state index in [9.17, 15) is 0 Å². The smallest absolute Gasteiger partial charge is 0.0806 e. The first-order chi connectivity index (χ1) is 10.1. The second kappa shape index (κ2) is 7.67. The molecule has 0 aromatic heterocycles. The van der Waals surface area contributed by atoms with E-state index in [1.165, 1.54) is 24.3 Å². The summed E-state index contributed by atoms with van der Waals surface area (Å²) in [6.07, 6.45) is 4.63. The summed E-state index contributed by atoms with van der Waals surface area (Å²) in [6.45, 7) is 11.6. The maximum absolute atomic E-state index is 6.20. The van der Waals surface area contributed by atoms with Gasteiger partial charge in [0.15, 0.2) is 0 Å². The standard InChI is InChI=1S/C17H33NO2S/c1-5-16(4,19-7-3)15(18-6-2)14-8-10-20-17(12-14)9-11-21-13-17/h14-15,18H,5-13H2,1-4H3. The Bertz CT molecular complexity index is 320. The van der Waals surface area contributed by atoms with Crippen LogP contribution in [0.4, 0.5) is 0 Å². The first kappa shape index (κ1) is 17.6. The van der Waals surface area contributed by atoms with Crippen LogP contribution in [0.25, 0.3) is 0 Å². The highest BCUT2D eigenvalue weighted by Gasteiger charge is 2.46. The first-order valence-electron chi connectivity index (χ1n) is 8.68. The van der Waals surface area contributed by atoms with Crippen molar-refractivity contribution in [1.82, 2.24) is 5.32 Å². The van der Waals surface area contributed by atoms with E-state index in [0.29, 0.717) is 12.0 Å². The van der Waals surface area contributed by atoms with E-state index in [2.05, 4.69) is 44.8 Å². The van der Waals surface area contributed by atoms with Gasteiger partial charge in [0, 0.05) is 25.0 Å². The molecule has 2 rings (SSSR count). The van der Waals surface area contributed by atoms with Crippen molar-refractivity contribution >= 4 is 11.8 Å². The van der Waals surface area contributed by atoms with Gasteiger partial charge in [-0.05, 0) is 57.7 Å². The van der Waals surface area contributed by atoms with Gasteiger partial charge in [-0.1, -0.05) is 13.8 Å². The van der Waals surface area contributed by atoms with E-state index < -0.39 is 0 Å². The van der Waals surface area contributed by atoms with Crippen LogP contribution in [0, 0.1) is 5.92 Å². The van der Waals surface area contributed by atoms with Gasteiger partial charge in [0.05, 0.1) is 11.2 Å². The summed E-state index contributed by atoms with van der Waals surface area (Å²) in [4.78, 5) is 0. The Labute approximate surface area is 134 Å². The molecule has 0 radical (unpaired) electrons. The van der Waals surface area contributed by atoms with Crippen LogP contribution < -0.4 is 5.32 Å². The molecule has 21 heavy (non-hydrogen) atoms. The lowest BCUT2D eigenvalue weighted by molar-refractivity contribution is -0.119. The van der Waals surface area contributed by atoms with E-state index >= 15 is 0 Å². The molecule has 2 saturated heterocycles. The third-order valence-electron chi connectivity index (χ3n) is 5.33. The summed E-state index contributed by atoms with van der Waals surface area (Å²) < 4.78 is 12.4. The topological polar surface area (TPSA) is 30.5 Å². The van der Waals surface area contributed by atoms with Crippen LogP contribution >= 0.6 is 11.8 Å². The lowest BCUT2D eigenvalue weighted by Crippen LogP contribution is -2.57. The fraction of sp³-hybridized carbons (Fsp3) is 1.00. The number of thioether (sulfide) groups is 1. The van der Waals surface area contributed by atoms with Gasteiger partial charge in [0.25, 0.3) is 0 Å². The minimum Gasteiger partial charge on any atom is -0.374 e. The maximum Gasteiger partial charge on any atom is 0.0806 e. The predicted molar refractivity (Wildman–Crippen MR) is 91.1 cm³/mol. The summed E-state index contributed by atoms with van der Waals surface area (Å²) in [6, 6.07) is 0.429. The van der Waals surface area contributed by atoms with E-state index in [0.717, 1.165) is 32.6 Å². The first-order valence-corrected chi connectivity index (χ1v) is 9.83. The summed E-state index contributed by atoms with van der Waals surface area (Å²) in [5, 5.41) is 3.75. The Balaban J connectivity index is 2.12. The molecule has 2 fully saturated rings. The molecule has 4 atom stereocenters. The molecule has 0 aromatic rings. The fourth-order valence-corrected chi connectivity index (χ4v) is 5.43. The molecule has 0 aromatic carbocycles. The van der Waals surface area contributed by atoms with Crippen molar-refractivity contribution in [2.45, 2.75) is 70.6 Å². The zero-order valence-electron chi connectivity index (χ0n) is 14.2. The summed E-state index contributed by atoms with van der Waals surface area (Å²) in [5.74, 6) is 3.10. The van der Waals surface area contributed by atoms with Crippen molar-refractivity contribution in [2.75, 3.05) is 31.3 Å². The van der Waals surface area contributed by atoms with Crippen LogP contribution in [0.5, 0.6) is 0 Å². The molecule has 2 aliphatic rings. The van der Waals surface area contributed by atoms with Crippen LogP contribution in [-0.2, 0) is 9.47 Å². The highest BCUT2D eigenvalue weighted by Crippen LogP contribution is 2.43. The maximum atomic E-state index is 6.20. The van der Waals surface area contributed by atoms with Gasteiger partial charge in [0.1, 0.15) is 0 Å². The average molecular weight is 316 g/mol. The summed E-state index contributed by atoms with van der Waals surface area (Å²) >= 11 is 2.05. The minimum absolute atomic E-state index is 0.0697. The largest absolute Gasteiger partial charge is 0.374 e. The highest BCUT2D eigenvalue weighted by atomic mass is 32.2. The molecule has 124 valence electrons. The Morgan fingerprint density at radius 2 is 2.24 bits per heavy atom. The molecule has 1 spiro atoms. The number of nitrogens with one attached hydrogen (secondary N) is 1. The Hall–Kier alpha value is 0.230. The monoisotopic (exact) mass is 315 g/mol. The quantitative estimate of drug-likeness (QED) is 0.779. The molecule has 0 amide bonds. The molecule has 0 aliphatic carbocycles. The number of hydrogen-bond acceptors (Lipinski definition) is 4. The van der Waals surface area contributed by atoms with Crippen molar-refractivity contribution in [1.29, 1.82) is 0 Å². The SMILES string of the molecule is CCNC(C1CCOC2(CCSC2)C1)C(C)(CC)OCC. The lowest BCUT2D eigenvalue weighted by atomic mass is 9.74. The lowest BCUT2D eigenvalue weighted by Gasteiger charge is -2.47. The number of hydrogen-bond donors (Lipinski definition) is 1. The molecule has 1 N–H and O–H groups in total. The molecule has 3 nitrogen and oxygen atoms in total. The van der Waals surface area contributed by atoms with Gasteiger partial charge in [-0.15, -0.1) is 0 Å². The third kappa shape index (κ3) is 3.95. The Morgan fingerprint density at radius 3 is 2.81 bits per heavy atom. The molecule has 4 heteroatoms. The van der Waals surface area contributed by atoms with Gasteiger partial charge in [0.2, 0.25) is 0 Å². The van der Waals surface area contributed by atoms with Gasteiger partial charge in [-0.3, -0.25) is 0 Å². The van der Waals surface area contributed by atoms with Gasteiger partial charge in [-0.2, -0.15) is 11.8 Å². The molecular weight excluding hydrogens is 282 g/mol. The van der Waals surface area contributed by atoms with Gasteiger partial charge < -0.3 is 14.8 Å². The van der Waals surface area contributed by atoms with Crippen molar-refractivity contribution in [3.05, 3.63) is 0 Å². The normalized spacial score (nSPS) is 34.0. The minimum atomic E-state index is -0.0697. The van der Waals surface area contributed by atoms with E-state index in [4.69, 9.17) is 9.47 Å². The summed E-state index contributed by atoms with van der Waals surface area (Å²) in [7, 11) is 0. The molecular formula is C17H33NO2S. The Morgan fingerprint density at radius 1 is 1.43 bits per heavy atom. The number of likely N-dealkylation sites (N-methyl/N-ethyl adjacent to an activating group) is 1. The molecule has 4 unspecified atom stereocenters. The number of ether oxygens (including phenoxy) is 2. The third-order valence-corrected chi connectivity index (χ3v) is 6.55. The van der Waals surface area contributed by atoms with Crippen LogP contribution in [0.15, 0.2) is 0 Å². The zero-order chi connectivity index (χ0) is 15.3. The van der Waals surface area contributed by atoms with Crippen molar-refractivity contribution in [2.24, 2.45) is 5.92 Å². The highest BCUT2D eigenvalue weighted by molar-refractivity contribution is 7.99. The molecule has 2 aliphatic heterocycles. The van der Waals surface area contributed by atoms with Crippen molar-refractivity contribution < 1.29 is 9.47 Å². The Kier molecular flexibility index (Phi) is 6.42. The van der Waals surface area contributed by atoms with E-state index in [-0.39, 0.29) is 11.2 Å². The van der Waals surface area contributed by atoms with Gasteiger partial charge in [-0.25, -0.2) is 0 Å². The van der Waals surface area contributed by atoms with Crippen LogP contribution in [-0.4, -0.2) is 48.5 Å². The second-order valence-corrected chi connectivity index (χ2v) is 7.83. The van der Waals surface area contributed by atoms with Crippen molar-refractivity contribution in [3.8, 4) is 0 Å². The predicted octanol–water partition coefficient (Wildman–Crippen LogP) is 3.47. The van der Waals surface area contributed by atoms with E-state index in [1.54, 1.807) is 0 Å². The average Bonchev–Trinajstić information content (AvgIpc) is 2.92. The van der Waals surface area contributed by atoms with Crippen LogP contribution in [0.2, 0.25) is 0 Å². The summed E-state index contributed by atoms with van der Waals surface area (Å²) in [5.41, 5.74) is 0.0851. The number of rotatable bonds is 7. The van der Waals surface area contributed by atoms with Gasteiger partial charge >= 0.3 is 0 Å². The second-order valence-electron chi connectivity index (χ2n) is 6.72. The van der Waals surface area contributed by atoms with Crippen molar-refractivity contribution in [3.63, 3.8) is 0 Å². The zero-order valence-corrected chi connectivity index (χ0v) is 15.1. The molecule has 0 bridgehead atoms. The fourth-order valence-electron chi connectivity index (χ4n) is 4.06. The van der Waals surface area contributed by atoms with Crippen LogP contribution in [0.3, 0.4) is 0 Å². The molecule has 2 heterocycles. The van der Waals surface area contributed by atoms with Crippen LogP contribution in [0.1, 0.15) is 53.4 Å². The van der Waals surface area contributed by atoms with E-state index in [1.807, 2.05) is 0 Å².